The Bertz CT molecular complexity index is 1240. The Labute approximate surface area is 260 Å². The van der Waals surface area contributed by atoms with E-state index in [-0.39, 0.29) is 23.5 Å². The van der Waals surface area contributed by atoms with Crippen LogP contribution in [0.1, 0.15) is 120 Å². The second-order valence-electron chi connectivity index (χ2n) is 11.4. The number of thioether (sulfide) groups is 1. The molecule has 2 aliphatic rings. The molecule has 10 heteroatoms. The largest absolute Gasteiger partial charge is 0.481 e. The maximum absolute atomic E-state index is 13.5. The third kappa shape index (κ3) is 9.18. The van der Waals surface area contributed by atoms with Crippen LogP contribution in [0.3, 0.4) is 0 Å². The summed E-state index contributed by atoms with van der Waals surface area (Å²) in [5, 5.41) is 18.7. The lowest BCUT2D eigenvalue weighted by Gasteiger charge is -2.29. The number of unbranched alkanes of at least 4 members (excludes halogenated alkanes) is 8. The second kappa shape index (κ2) is 17.5. The number of nitriles is 1. The number of amides is 1. The summed E-state index contributed by atoms with van der Waals surface area (Å²) in [6.07, 6.45) is 16.3. The molecule has 0 radical (unpaired) electrons. The Morgan fingerprint density at radius 1 is 0.976 bits per heavy atom. The van der Waals surface area contributed by atoms with Gasteiger partial charge in [-0.2, -0.15) is 5.26 Å². The first-order valence-electron chi connectivity index (χ1n) is 15.7. The van der Waals surface area contributed by atoms with Crippen molar-refractivity contribution in [3.63, 3.8) is 0 Å². The number of carboxylic acids is 1. The first-order valence-corrected chi connectivity index (χ1v) is 16.9. The lowest BCUT2D eigenvalue weighted by Crippen LogP contribution is -2.35. The van der Waals surface area contributed by atoms with Gasteiger partial charge in [-0.15, -0.1) is 0 Å². The van der Waals surface area contributed by atoms with Crippen molar-refractivity contribution in [2.75, 3.05) is 24.5 Å². The van der Waals surface area contributed by atoms with E-state index < -0.39 is 5.97 Å². The summed E-state index contributed by atoms with van der Waals surface area (Å²) in [4.78, 5) is 42.1. The van der Waals surface area contributed by atoms with Gasteiger partial charge in [-0.3, -0.25) is 23.9 Å². The van der Waals surface area contributed by atoms with Crippen LogP contribution in [0.25, 0.3) is 6.08 Å². The number of thiocarbonyl (C=S) groups is 1. The molecule has 1 aromatic rings. The van der Waals surface area contributed by atoms with Gasteiger partial charge in [-0.05, 0) is 50.7 Å². The Hall–Kier alpha value is -2.64. The molecule has 1 amide bonds. The van der Waals surface area contributed by atoms with Crippen LogP contribution >= 0.6 is 24.0 Å². The molecule has 2 aliphatic heterocycles. The van der Waals surface area contributed by atoms with Gasteiger partial charge in [0.2, 0.25) is 0 Å². The number of hydrogen-bond donors (Lipinski definition) is 1. The molecule has 0 unspecified atom stereocenters. The quantitative estimate of drug-likeness (QED) is 0.120. The topological polar surface area (TPSA) is 107 Å². The smallest absolute Gasteiger partial charge is 0.303 e. The molecule has 0 spiro atoms. The molecule has 2 fully saturated rings. The van der Waals surface area contributed by atoms with Gasteiger partial charge in [0, 0.05) is 38.2 Å². The summed E-state index contributed by atoms with van der Waals surface area (Å²) in [7, 11) is 0. The molecule has 3 rings (SSSR count). The normalized spacial score (nSPS) is 16.7. The van der Waals surface area contributed by atoms with Gasteiger partial charge in [-0.25, -0.2) is 0 Å². The number of rotatable bonds is 16. The van der Waals surface area contributed by atoms with Crippen molar-refractivity contribution in [2.24, 2.45) is 0 Å². The van der Waals surface area contributed by atoms with Crippen molar-refractivity contribution in [3.8, 4) is 6.07 Å². The van der Waals surface area contributed by atoms with Gasteiger partial charge in [0.1, 0.15) is 21.8 Å². The summed E-state index contributed by atoms with van der Waals surface area (Å²) in [6, 6.07) is 2.15. The summed E-state index contributed by atoms with van der Waals surface area (Å²) >= 11 is 6.92. The minimum Gasteiger partial charge on any atom is -0.481 e. The Balaban J connectivity index is 1.75. The number of anilines is 1. The number of hydrogen-bond acceptors (Lipinski definition) is 7. The zero-order chi connectivity index (χ0) is 30.5. The average molecular weight is 615 g/mol. The number of aromatic nitrogens is 1. The zero-order valence-corrected chi connectivity index (χ0v) is 26.9. The standard InChI is InChI=1S/C32H46N4O4S2/c1-3-4-20-35-29(34-18-14-11-12-15-19-34)25(24(2)26(23-33)30(35)39)22-27-31(40)36(32(41)42-27)21-16-10-8-6-5-7-9-13-17-28(37)38/h22H,3-21H2,1-2H3,(H,37,38). The van der Waals surface area contributed by atoms with Gasteiger partial charge >= 0.3 is 5.97 Å². The highest BCUT2D eigenvalue weighted by Gasteiger charge is 2.33. The van der Waals surface area contributed by atoms with Crippen LogP contribution in [0, 0.1) is 18.3 Å². The van der Waals surface area contributed by atoms with E-state index >= 15 is 0 Å². The fourth-order valence-electron chi connectivity index (χ4n) is 5.72. The minimum atomic E-state index is -0.726. The van der Waals surface area contributed by atoms with Crippen molar-refractivity contribution < 1.29 is 14.7 Å². The Kier molecular flexibility index (Phi) is 14.1. The highest BCUT2D eigenvalue weighted by atomic mass is 32.2. The van der Waals surface area contributed by atoms with Gasteiger partial charge < -0.3 is 10.0 Å². The molecule has 1 N–H and O–H groups in total. The van der Waals surface area contributed by atoms with Crippen molar-refractivity contribution in [1.82, 2.24) is 9.47 Å². The lowest BCUT2D eigenvalue weighted by atomic mass is 10.0. The van der Waals surface area contributed by atoms with Crippen LogP contribution in [0.4, 0.5) is 5.82 Å². The molecule has 2 saturated heterocycles. The van der Waals surface area contributed by atoms with E-state index in [1.165, 1.54) is 11.8 Å². The van der Waals surface area contributed by atoms with Crippen LogP contribution in [0.15, 0.2) is 9.70 Å². The predicted molar refractivity (Wildman–Crippen MR) is 175 cm³/mol. The average Bonchev–Trinajstić information content (AvgIpc) is 3.12. The predicted octanol–water partition coefficient (Wildman–Crippen LogP) is 7.01. The number of aliphatic carboxylic acids is 1. The van der Waals surface area contributed by atoms with Crippen LogP contribution < -0.4 is 10.5 Å². The number of carbonyl (C=O) groups excluding carboxylic acids is 1. The van der Waals surface area contributed by atoms with Gasteiger partial charge in [0.25, 0.3) is 11.5 Å². The Morgan fingerprint density at radius 3 is 2.19 bits per heavy atom. The third-order valence-corrected chi connectivity index (χ3v) is 9.54. The van der Waals surface area contributed by atoms with Crippen LogP contribution in [-0.2, 0) is 16.1 Å². The number of pyridine rings is 1. The molecule has 8 nitrogen and oxygen atoms in total. The highest BCUT2D eigenvalue weighted by molar-refractivity contribution is 8.26. The second-order valence-corrected chi connectivity index (χ2v) is 13.0. The fourth-order valence-corrected chi connectivity index (χ4v) is 7.01. The number of carboxylic acid groups (broad SMARTS) is 1. The van der Waals surface area contributed by atoms with E-state index in [0.717, 1.165) is 114 Å². The Morgan fingerprint density at radius 2 is 1.60 bits per heavy atom. The molecule has 42 heavy (non-hydrogen) atoms. The van der Waals surface area contributed by atoms with Gasteiger partial charge in [0.15, 0.2) is 0 Å². The molecule has 1 aromatic heterocycles. The van der Waals surface area contributed by atoms with Crippen molar-refractivity contribution in [2.45, 2.75) is 117 Å². The summed E-state index contributed by atoms with van der Waals surface area (Å²) in [5.74, 6) is 0.00552. The maximum atomic E-state index is 13.5. The number of nitrogens with zero attached hydrogens (tertiary/aromatic N) is 4. The van der Waals surface area contributed by atoms with E-state index in [1.54, 1.807) is 9.47 Å². The third-order valence-electron chi connectivity index (χ3n) is 8.16. The maximum Gasteiger partial charge on any atom is 0.303 e. The molecule has 0 bridgehead atoms. The SMILES string of the molecule is CCCCn1c(N2CCCCCC2)c(C=C2SC(=S)N(CCCCCCCCCCC(=O)O)C2=O)c(C)c(C#N)c1=O. The van der Waals surface area contributed by atoms with E-state index in [4.69, 9.17) is 17.3 Å². The van der Waals surface area contributed by atoms with Gasteiger partial charge in [-0.1, -0.05) is 88.7 Å². The number of carbonyl (C=O) groups is 2. The molecular weight excluding hydrogens is 569 g/mol. The van der Waals surface area contributed by atoms with Crippen molar-refractivity contribution in [1.29, 1.82) is 5.26 Å². The minimum absolute atomic E-state index is 0.102. The lowest BCUT2D eigenvalue weighted by molar-refractivity contribution is -0.137. The van der Waals surface area contributed by atoms with Crippen LogP contribution in [-0.4, -0.2) is 50.4 Å². The van der Waals surface area contributed by atoms with Crippen LogP contribution in [0.5, 0.6) is 0 Å². The zero-order valence-electron chi connectivity index (χ0n) is 25.3. The van der Waals surface area contributed by atoms with Gasteiger partial charge in [0.05, 0.1) is 4.91 Å². The highest BCUT2D eigenvalue weighted by Crippen LogP contribution is 2.36. The molecule has 0 aliphatic carbocycles. The summed E-state index contributed by atoms with van der Waals surface area (Å²) in [6.45, 7) is 6.73. The molecule has 230 valence electrons. The summed E-state index contributed by atoms with van der Waals surface area (Å²) in [5.41, 5.74) is 1.32. The molecular formula is C32H46N4O4S2. The monoisotopic (exact) mass is 614 g/mol. The van der Waals surface area contributed by atoms with Crippen LogP contribution in [0.2, 0.25) is 0 Å². The molecule has 0 saturated carbocycles. The molecule has 0 aromatic carbocycles. The van der Waals surface area contributed by atoms with Crippen molar-refractivity contribution >= 4 is 52.1 Å². The van der Waals surface area contributed by atoms with E-state index in [1.807, 2.05) is 13.0 Å². The summed E-state index contributed by atoms with van der Waals surface area (Å²) < 4.78 is 2.33. The first kappa shape index (κ1) is 33.9. The van der Waals surface area contributed by atoms with Crippen molar-refractivity contribution in [3.05, 3.63) is 31.9 Å². The molecule has 0 atom stereocenters. The van der Waals surface area contributed by atoms with E-state index in [2.05, 4.69) is 17.9 Å². The fraction of sp³-hybridized carbons (Fsp3) is 0.656. The first-order chi connectivity index (χ1) is 20.3. The molecule has 3 heterocycles. The van der Waals surface area contributed by atoms with E-state index in [0.29, 0.717) is 27.9 Å². The van der Waals surface area contributed by atoms with E-state index in [9.17, 15) is 19.6 Å².